The van der Waals surface area contributed by atoms with E-state index < -0.39 is 0 Å². The molecule has 2 N–H and O–H groups in total. The first-order valence-corrected chi connectivity index (χ1v) is 6.30. The van der Waals surface area contributed by atoms with Crippen LogP contribution in [0.3, 0.4) is 0 Å². The Morgan fingerprint density at radius 2 is 1.94 bits per heavy atom. The fourth-order valence-electron chi connectivity index (χ4n) is 1.85. The van der Waals surface area contributed by atoms with Gasteiger partial charge in [0.05, 0.1) is 5.92 Å². The molecule has 2 rings (SSSR count). The molecule has 0 aliphatic carbocycles. The zero-order chi connectivity index (χ0) is 13.0. The lowest BCUT2D eigenvalue weighted by atomic mass is 9.99. The van der Waals surface area contributed by atoms with Crippen molar-refractivity contribution < 1.29 is 4.42 Å². The van der Waals surface area contributed by atoms with E-state index in [9.17, 15) is 0 Å². The van der Waals surface area contributed by atoms with Crippen LogP contribution in [0.1, 0.15) is 35.7 Å². The number of hydrogen-bond acceptors (Lipinski definition) is 4. The third-order valence-corrected chi connectivity index (χ3v) is 3.02. The van der Waals surface area contributed by atoms with Gasteiger partial charge in [0.15, 0.2) is 0 Å². The Kier molecular flexibility index (Phi) is 4.10. The largest absolute Gasteiger partial charge is 0.425 e. The van der Waals surface area contributed by atoms with Crippen molar-refractivity contribution in [3.8, 4) is 0 Å². The molecule has 1 heterocycles. The number of aromatic nitrogens is 2. The fourth-order valence-corrected chi connectivity index (χ4v) is 1.85. The van der Waals surface area contributed by atoms with E-state index in [1.54, 1.807) is 0 Å². The van der Waals surface area contributed by atoms with Crippen molar-refractivity contribution in [2.45, 2.75) is 32.6 Å². The molecule has 4 nitrogen and oxygen atoms in total. The van der Waals surface area contributed by atoms with Gasteiger partial charge in [0, 0.05) is 13.0 Å². The number of benzene rings is 1. The van der Waals surface area contributed by atoms with Crippen LogP contribution >= 0.6 is 0 Å². The highest BCUT2D eigenvalue weighted by Crippen LogP contribution is 2.19. The normalized spacial score (nSPS) is 12.6. The molecule has 0 radical (unpaired) electrons. The summed E-state index contributed by atoms with van der Waals surface area (Å²) >= 11 is 0. The van der Waals surface area contributed by atoms with Crippen molar-refractivity contribution in [2.24, 2.45) is 5.73 Å². The van der Waals surface area contributed by atoms with Crippen LogP contribution in [-0.2, 0) is 12.8 Å². The average molecular weight is 245 g/mol. The Morgan fingerprint density at radius 1 is 1.22 bits per heavy atom. The summed E-state index contributed by atoms with van der Waals surface area (Å²) < 4.78 is 5.58. The summed E-state index contributed by atoms with van der Waals surface area (Å²) in [6, 6.07) is 8.45. The molecule has 2 aromatic rings. The highest BCUT2D eigenvalue weighted by atomic mass is 16.4. The molecule has 0 aliphatic rings. The molecule has 1 aromatic heterocycles. The van der Waals surface area contributed by atoms with Gasteiger partial charge in [-0.1, -0.05) is 36.8 Å². The lowest BCUT2D eigenvalue weighted by Crippen LogP contribution is -2.15. The third-order valence-electron chi connectivity index (χ3n) is 3.02. The molecule has 0 amide bonds. The maximum Gasteiger partial charge on any atom is 0.221 e. The van der Waals surface area contributed by atoms with E-state index in [4.69, 9.17) is 10.2 Å². The molecule has 1 atom stereocenters. The van der Waals surface area contributed by atoms with Gasteiger partial charge in [0.1, 0.15) is 0 Å². The predicted molar refractivity (Wildman–Crippen MR) is 70.4 cm³/mol. The Bertz CT molecular complexity index is 490. The third kappa shape index (κ3) is 2.96. The summed E-state index contributed by atoms with van der Waals surface area (Å²) in [5.41, 5.74) is 8.31. The second-order valence-electron chi connectivity index (χ2n) is 4.51. The first-order valence-electron chi connectivity index (χ1n) is 6.30. The maximum atomic E-state index is 5.81. The first kappa shape index (κ1) is 12.8. The lowest BCUT2D eigenvalue weighted by Gasteiger charge is -2.10. The van der Waals surface area contributed by atoms with Crippen molar-refractivity contribution in [3.05, 3.63) is 47.2 Å². The zero-order valence-corrected chi connectivity index (χ0v) is 10.9. The van der Waals surface area contributed by atoms with Crippen molar-refractivity contribution in [1.82, 2.24) is 10.2 Å². The number of nitrogens with two attached hydrogens (primary N) is 1. The molecule has 0 aliphatic heterocycles. The van der Waals surface area contributed by atoms with Gasteiger partial charge in [-0.25, -0.2) is 0 Å². The highest BCUT2D eigenvalue weighted by Gasteiger charge is 2.17. The Hall–Kier alpha value is -1.68. The van der Waals surface area contributed by atoms with Gasteiger partial charge < -0.3 is 10.2 Å². The number of aryl methyl sites for hydroxylation is 2. The van der Waals surface area contributed by atoms with Crippen molar-refractivity contribution in [2.75, 3.05) is 6.54 Å². The summed E-state index contributed by atoms with van der Waals surface area (Å²) in [5, 5.41) is 8.06. The molecule has 0 saturated heterocycles. The van der Waals surface area contributed by atoms with E-state index >= 15 is 0 Å². The first-order chi connectivity index (χ1) is 8.72. The van der Waals surface area contributed by atoms with Crippen molar-refractivity contribution in [3.63, 3.8) is 0 Å². The number of nitrogens with zero attached hydrogens (tertiary/aromatic N) is 2. The second-order valence-corrected chi connectivity index (χ2v) is 4.51. The Labute approximate surface area is 107 Å². The molecule has 1 unspecified atom stereocenters. The smallest absolute Gasteiger partial charge is 0.221 e. The fraction of sp³-hybridized carbons (Fsp3) is 0.429. The molecule has 4 heteroatoms. The molecule has 18 heavy (non-hydrogen) atoms. The van der Waals surface area contributed by atoms with Crippen LogP contribution in [0.2, 0.25) is 0 Å². The topological polar surface area (TPSA) is 64.9 Å². The van der Waals surface area contributed by atoms with Crippen LogP contribution in [0.15, 0.2) is 28.7 Å². The van der Waals surface area contributed by atoms with Gasteiger partial charge >= 0.3 is 0 Å². The van der Waals surface area contributed by atoms with E-state index in [1.807, 2.05) is 6.92 Å². The summed E-state index contributed by atoms with van der Waals surface area (Å²) in [6.07, 6.45) is 1.59. The summed E-state index contributed by atoms with van der Waals surface area (Å²) in [6.45, 7) is 4.59. The van der Waals surface area contributed by atoms with Crippen LogP contribution in [0.4, 0.5) is 0 Å². The molecule has 96 valence electrons. The molecule has 0 fully saturated rings. The standard InChI is InChI=1S/C14H19N3O/c1-3-13-16-17-14(18-13)12(9-15)8-11-6-4-10(2)5-7-11/h4-7,12H,3,8-9,15H2,1-2H3. The van der Waals surface area contributed by atoms with Crippen LogP contribution in [0.5, 0.6) is 0 Å². The van der Waals surface area contributed by atoms with Gasteiger partial charge in [-0.3, -0.25) is 0 Å². The van der Waals surface area contributed by atoms with Gasteiger partial charge in [-0.05, 0) is 18.9 Å². The Morgan fingerprint density at radius 3 is 2.50 bits per heavy atom. The molecule has 0 spiro atoms. The van der Waals surface area contributed by atoms with Crippen LogP contribution in [0, 0.1) is 6.92 Å². The van der Waals surface area contributed by atoms with E-state index in [0.717, 1.165) is 12.8 Å². The summed E-state index contributed by atoms with van der Waals surface area (Å²) in [4.78, 5) is 0. The van der Waals surface area contributed by atoms with Crippen molar-refractivity contribution in [1.29, 1.82) is 0 Å². The Balaban J connectivity index is 2.11. The second kappa shape index (κ2) is 5.78. The minimum atomic E-state index is 0.0977. The van der Waals surface area contributed by atoms with E-state index in [2.05, 4.69) is 41.4 Å². The number of rotatable bonds is 5. The molecule has 1 aromatic carbocycles. The van der Waals surface area contributed by atoms with Gasteiger partial charge in [-0.2, -0.15) is 0 Å². The minimum absolute atomic E-state index is 0.0977. The molecule has 0 bridgehead atoms. The van der Waals surface area contributed by atoms with E-state index in [1.165, 1.54) is 11.1 Å². The maximum absolute atomic E-state index is 5.81. The monoisotopic (exact) mass is 245 g/mol. The minimum Gasteiger partial charge on any atom is -0.425 e. The van der Waals surface area contributed by atoms with E-state index in [-0.39, 0.29) is 5.92 Å². The van der Waals surface area contributed by atoms with Crippen LogP contribution in [0.25, 0.3) is 0 Å². The SMILES string of the molecule is CCc1nnc(C(CN)Cc2ccc(C)cc2)o1. The van der Waals surface area contributed by atoms with Gasteiger partial charge in [-0.15, -0.1) is 10.2 Å². The molecular weight excluding hydrogens is 226 g/mol. The van der Waals surface area contributed by atoms with Crippen molar-refractivity contribution >= 4 is 0 Å². The summed E-state index contributed by atoms with van der Waals surface area (Å²) in [7, 11) is 0. The van der Waals surface area contributed by atoms with Crippen LogP contribution in [-0.4, -0.2) is 16.7 Å². The quantitative estimate of drug-likeness (QED) is 0.877. The molecule has 0 saturated carbocycles. The van der Waals surface area contributed by atoms with Crippen LogP contribution < -0.4 is 5.73 Å². The van der Waals surface area contributed by atoms with Gasteiger partial charge in [0.25, 0.3) is 0 Å². The molecular formula is C14H19N3O. The zero-order valence-electron chi connectivity index (χ0n) is 10.9. The lowest BCUT2D eigenvalue weighted by molar-refractivity contribution is 0.417. The predicted octanol–water partition coefficient (Wildman–Crippen LogP) is 2.23. The highest BCUT2D eigenvalue weighted by molar-refractivity contribution is 5.22. The van der Waals surface area contributed by atoms with E-state index in [0.29, 0.717) is 18.3 Å². The summed E-state index contributed by atoms with van der Waals surface area (Å²) in [5.74, 6) is 1.42. The number of hydrogen-bond donors (Lipinski definition) is 1. The van der Waals surface area contributed by atoms with Gasteiger partial charge in [0.2, 0.25) is 11.8 Å². The average Bonchev–Trinajstić information content (AvgIpc) is 2.87.